The minimum Gasteiger partial charge on any atom is -0.327 e. The van der Waals surface area contributed by atoms with E-state index in [1.807, 2.05) is 48.0 Å². The number of para-hydroxylation sites is 1. The molecule has 0 unspecified atom stereocenters. The molecule has 0 bridgehead atoms. The lowest BCUT2D eigenvalue weighted by atomic mass is 10.2. The van der Waals surface area contributed by atoms with E-state index in [-0.39, 0.29) is 0 Å². The first-order valence-electron chi connectivity index (χ1n) is 6.84. The van der Waals surface area contributed by atoms with Gasteiger partial charge in [-0.3, -0.25) is 0 Å². The molecule has 3 heterocycles. The van der Waals surface area contributed by atoms with Gasteiger partial charge in [0.05, 0.1) is 15.5 Å². The van der Waals surface area contributed by atoms with E-state index in [4.69, 9.17) is 0 Å². The van der Waals surface area contributed by atoms with Crippen LogP contribution < -0.4 is 5.43 Å². The number of benzene rings is 1. The van der Waals surface area contributed by atoms with Crippen molar-refractivity contribution in [3.63, 3.8) is 0 Å². The van der Waals surface area contributed by atoms with Gasteiger partial charge in [0.15, 0.2) is 5.65 Å². The molecular weight excluding hydrogens is 376 g/mol. The maximum absolute atomic E-state index is 4.51. The third-order valence-corrected chi connectivity index (χ3v) is 5.02. The van der Waals surface area contributed by atoms with Crippen LogP contribution in [0.15, 0.2) is 45.3 Å². The summed E-state index contributed by atoms with van der Waals surface area (Å²) in [7, 11) is 1.97. The number of hydrogen-bond donors (Lipinski definition) is 1. The van der Waals surface area contributed by atoms with Crippen molar-refractivity contribution < 1.29 is 0 Å². The van der Waals surface area contributed by atoms with Crippen molar-refractivity contribution in [3.05, 3.63) is 45.1 Å². The van der Waals surface area contributed by atoms with Gasteiger partial charge in [0.25, 0.3) is 5.95 Å². The predicted molar refractivity (Wildman–Crippen MR) is 97.0 cm³/mol. The lowest BCUT2D eigenvalue weighted by Gasteiger charge is -1.99. The lowest BCUT2D eigenvalue weighted by molar-refractivity contribution is 0.949. The van der Waals surface area contributed by atoms with Gasteiger partial charge in [-0.25, -0.2) is 5.43 Å². The number of nitrogens with zero attached hydrogens (tertiary/aromatic N) is 5. The first-order chi connectivity index (χ1) is 11.2. The molecule has 0 aliphatic heterocycles. The molecule has 0 fully saturated rings. The molecule has 1 N–H and O–H groups in total. The van der Waals surface area contributed by atoms with E-state index < -0.39 is 0 Å². The quantitative estimate of drug-likeness (QED) is 0.429. The van der Waals surface area contributed by atoms with Crippen LogP contribution in [0.5, 0.6) is 0 Å². The maximum atomic E-state index is 4.51. The van der Waals surface area contributed by atoms with Crippen LogP contribution in [-0.2, 0) is 7.05 Å². The zero-order valence-corrected chi connectivity index (χ0v) is 14.5. The fourth-order valence-electron chi connectivity index (χ4n) is 2.40. The summed E-state index contributed by atoms with van der Waals surface area (Å²) in [6.45, 7) is 0. The number of aromatic nitrogens is 4. The van der Waals surface area contributed by atoms with Gasteiger partial charge in [-0.2, -0.15) is 10.1 Å². The zero-order valence-electron chi connectivity index (χ0n) is 12.1. The normalized spacial score (nSPS) is 11.7. The second-order valence-electron chi connectivity index (χ2n) is 4.90. The van der Waals surface area contributed by atoms with Crippen molar-refractivity contribution in [1.29, 1.82) is 0 Å². The third kappa shape index (κ3) is 2.60. The Labute approximate surface area is 144 Å². The van der Waals surface area contributed by atoms with Gasteiger partial charge in [0.1, 0.15) is 5.52 Å². The molecule has 23 heavy (non-hydrogen) atoms. The van der Waals surface area contributed by atoms with Gasteiger partial charge in [-0.05, 0) is 34.1 Å². The van der Waals surface area contributed by atoms with Gasteiger partial charge < -0.3 is 4.57 Å². The minimum atomic E-state index is 0.371. The van der Waals surface area contributed by atoms with Gasteiger partial charge in [-0.1, -0.05) is 18.2 Å². The Morgan fingerprint density at radius 3 is 2.91 bits per heavy atom. The van der Waals surface area contributed by atoms with Gasteiger partial charge in [-0.15, -0.1) is 21.5 Å². The van der Waals surface area contributed by atoms with Gasteiger partial charge in [0, 0.05) is 17.3 Å². The Bertz CT molecular complexity index is 1030. The van der Waals surface area contributed by atoms with Crippen molar-refractivity contribution in [1.82, 2.24) is 19.7 Å². The molecule has 114 valence electrons. The number of hydrazone groups is 1. The summed E-state index contributed by atoms with van der Waals surface area (Å²) in [5.41, 5.74) is 5.47. The molecule has 0 atom stereocenters. The molecule has 3 aromatic heterocycles. The summed E-state index contributed by atoms with van der Waals surface area (Å²) in [6.07, 6.45) is 1.73. The molecule has 0 aliphatic rings. The van der Waals surface area contributed by atoms with Crippen LogP contribution in [-0.4, -0.2) is 26.0 Å². The van der Waals surface area contributed by atoms with E-state index in [1.165, 1.54) is 0 Å². The topological polar surface area (TPSA) is 68.0 Å². The monoisotopic (exact) mass is 386 g/mol. The van der Waals surface area contributed by atoms with Crippen LogP contribution in [0.25, 0.3) is 22.1 Å². The van der Waals surface area contributed by atoms with Crippen molar-refractivity contribution in [2.45, 2.75) is 0 Å². The fourth-order valence-corrected chi connectivity index (χ4v) is 3.70. The van der Waals surface area contributed by atoms with Crippen LogP contribution in [0, 0.1) is 0 Å². The smallest absolute Gasteiger partial charge is 0.265 e. The molecule has 0 spiro atoms. The molecule has 1 aromatic carbocycles. The molecule has 0 aliphatic carbocycles. The van der Waals surface area contributed by atoms with Crippen LogP contribution >= 0.6 is 27.3 Å². The number of aryl methyl sites for hydroxylation is 1. The molecule has 4 rings (SSSR count). The number of nitrogens with one attached hydrogen (secondary N) is 1. The predicted octanol–water partition coefficient (Wildman–Crippen LogP) is 3.79. The van der Waals surface area contributed by atoms with Crippen LogP contribution in [0.1, 0.15) is 4.88 Å². The highest BCUT2D eigenvalue weighted by atomic mass is 79.9. The highest BCUT2D eigenvalue weighted by Crippen LogP contribution is 2.25. The number of thiophene rings is 1. The van der Waals surface area contributed by atoms with Crippen molar-refractivity contribution in [3.8, 4) is 0 Å². The first-order valence-corrected chi connectivity index (χ1v) is 8.45. The lowest BCUT2D eigenvalue weighted by Crippen LogP contribution is -2.00. The molecule has 0 radical (unpaired) electrons. The van der Waals surface area contributed by atoms with Crippen LogP contribution in [0.3, 0.4) is 0 Å². The van der Waals surface area contributed by atoms with E-state index in [9.17, 15) is 0 Å². The summed E-state index contributed by atoms with van der Waals surface area (Å²) in [5, 5.41) is 13.6. The standard InChI is InChI=1S/C15H11BrN6S/c1-22-11-5-3-2-4-10(11)13-14(22)18-15(21-19-13)20-17-8-9-6-7-12(16)23-9/h2-8H,1H3,(H,18,20,21)/b17-8+. The summed E-state index contributed by atoms with van der Waals surface area (Å²) in [4.78, 5) is 5.54. The minimum absolute atomic E-state index is 0.371. The number of anilines is 1. The van der Waals surface area contributed by atoms with Crippen molar-refractivity contribution in [2.75, 3.05) is 5.43 Å². The van der Waals surface area contributed by atoms with E-state index in [0.29, 0.717) is 5.95 Å². The number of halogens is 1. The van der Waals surface area contributed by atoms with E-state index in [2.05, 4.69) is 41.6 Å². The average Bonchev–Trinajstić information content (AvgIpc) is 3.10. The third-order valence-electron chi connectivity index (χ3n) is 3.46. The molecule has 4 aromatic rings. The van der Waals surface area contributed by atoms with E-state index in [1.54, 1.807) is 17.6 Å². The zero-order chi connectivity index (χ0) is 15.8. The van der Waals surface area contributed by atoms with Crippen LogP contribution in [0.2, 0.25) is 0 Å². The van der Waals surface area contributed by atoms with Crippen molar-refractivity contribution >= 4 is 61.5 Å². The summed E-state index contributed by atoms with van der Waals surface area (Å²) in [6, 6.07) is 12.0. The molecule has 6 nitrogen and oxygen atoms in total. The first kappa shape index (κ1) is 14.3. The second kappa shape index (κ2) is 5.71. The molecule has 0 saturated carbocycles. The van der Waals surface area contributed by atoms with Crippen LogP contribution in [0.4, 0.5) is 5.95 Å². The summed E-state index contributed by atoms with van der Waals surface area (Å²) >= 11 is 5.02. The van der Waals surface area contributed by atoms with Gasteiger partial charge >= 0.3 is 0 Å². The van der Waals surface area contributed by atoms with Crippen molar-refractivity contribution in [2.24, 2.45) is 12.1 Å². The highest BCUT2D eigenvalue weighted by molar-refractivity contribution is 9.11. The van der Waals surface area contributed by atoms with E-state index in [0.717, 1.165) is 30.7 Å². The Morgan fingerprint density at radius 2 is 2.09 bits per heavy atom. The highest BCUT2D eigenvalue weighted by Gasteiger charge is 2.11. The largest absolute Gasteiger partial charge is 0.327 e. The molecule has 8 heteroatoms. The SMILES string of the molecule is Cn1c2ccccc2c2nnc(N/N=C/c3ccc(Br)s3)nc21. The molecule has 0 saturated heterocycles. The Kier molecular flexibility index (Phi) is 3.55. The molecule has 0 amide bonds. The van der Waals surface area contributed by atoms with E-state index >= 15 is 0 Å². The second-order valence-corrected chi connectivity index (χ2v) is 7.39. The average molecular weight is 387 g/mol. The summed E-state index contributed by atoms with van der Waals surface area (Å²) < 4.78 is 3.07. The number of fused-ring (bicyclic) bond motifs is 3. The maximum Gasteiger partial charge on any atom is 0.265 e. The Hall–Kier alpha value is -2.32. The summed E-state index contributed by atoms with van der Waals surface area (Å²) in [5.74, 6) is 0.371. The fraction of sp³-hybridized carbons (Fsp3) is 0.0667. The van der Waals surface area contributed by atoms with Gasteiger partial charge in [0.2, 0.25) is 0 Å². The Morgan fingerprint density at radius 1 is 1.22 bits per heavy atom. The number of rotatable bonds is 3. The molecular formula is C15H11BrN6S. The Balaban J connectivity index is 1.67. The number of hydrogen-bond acceptors (Lipinski definition) is 6.